The summed E-state index contributed by atoms with van der Waals surface area (Å²) in [7, 11) is 0. The zero-order valence-electron chi connectivity index (χ0n) is 15.5. The van der Waals surface area contributed by atoms with Crippen molar-refractivity contribution in [2.24, 2.45) is 0 Å². The second-order valence-electron chi connectivity index (χ2n) is 7.53. The van der Waals surface area contributed by atoms with E-state index in [1.165, 1.54) is 24.9 Å². The van der Waals surface area contributed by atoms with Crippen molar-refractivity contribution < 1.29 is 28.9 Å². The lowest BCUT2D eigenvalue weighted by Crippen LogP contribution is -2.51. The Morgan fingerprint density at radius 2 is 1.86 bits per heavy atom. The summed E-state index contributed by atoms with van der Waals surface area (Å²) >= 11 is 0. The van der Waals surface area contributed by atoms with E-state index in [4.69, 9.17) is 19.3 Å². The fourth-order valence-electron chi connectivity index (χ4n) is 4.11. The Balaban J connectivity index is 1.31. The van der Waals surface area contributed by atoms with Gasteiger partial charge in [0.2, 0.25) is 0 Å². The maximum absolute atomic E-state index is 12.3. The molecule has 3 fully saturated rings. The van der Waals surface area contributed by atoms with Crippen molar-refractivity contribution in [3.05, 3.63) is 24.0 Å². The van der Waals surface area contributed by atoms with Crippen molar-refractivity contribution in [1.29, 1.82) is 0 Å². The Bertz CT molecular complexity index is 723. The lowest BCUT2D eigenvalue weighted by molar-refractivity contribution is 0.0301. The van der Waals surface area contributed by atoms with E-state index in [1.807, 2.05) is 0 Å². The molecule has 0 radical (unpaired) electrons. The van der Waals surface area contributed by atoms with Crippen LogP contribution in [0.3, 0.4) is 0 Å². The maximum atomic E-state index is 12.3. The van der Waals surface area contributed by atoms with E-state index in [2.05, 4.69) is 15.6 Å². The number of carbonyl (C=O) groups is 2. The van der Waals surface area contributed by atoms with E-state index in [-0.39, 0.29) is 42.0 Å². The van der Waals surface area contributed by atoms with Crippen LogP contribution in [-0.2, 0) is 9.47 Å². The van der Waals surface area contributed by atoms with Crippen molar-refractivity contribution in [2.45, 2.75) is 62.5 Å². The Kier molecular flexibility index (Phi) is 5.63. The summed E-state index contributed by atoms with van der Waals surface area (Å²) in [6.07, 6.45) is 7.31. The lowest BCUT2D eigenvalue weighted by Gasteiger charge is -2.24. The molecule has 9 nitrogen and oxygen atoms in total. The van der Waals surface area contributed by atoms with Gasteiger partial charge in [0.1, 0.15) is 18.0 Å². The number of urea groups is 1. The number of nitrogens with zero attached hydrogens (tertiary/aromatic N) is 1. The predicted molar refractivity (Wildman–Crippen MR) is 97.4 cm³/mol. The Hall–Kier alpha value is -2.39. The molecular formula is C19H25N3O6. The molecule has 0 bridgehead atoms. The molecule has 4 atom stereocenters. The van der Waals surface area contributed by atoms with Crippen LogP contribution >= 0.6 is 0 Å². The number of carbonyl (C=O) groups excluding carboxylic acids is 1. The first kappa shape index (κ1) is 18.9. The molecule has 1 aromatic heterocycles. The lowest BCUT2D eigenvalue weighted by atomic mass is 9.96. The number of pyridine rings is 1. The standard InChI is InChI=1S/C19H25N3O6/c23-18(24)11-6-13(8-20-7-11)28-15-10-27-16-14(9-26-17(15)16)22-19(25)21-12-4-2-1-3-5-12/h6-8,12,14-17H,1-5,9-10H2,(H,23,24)(H2,21,22,25)/t14-,15-,16+,17+/m0/s1. The molecule has 9 heteroatoms. The molecule has 2 aliphatic heterocycles. The van der Waals surface area contributed by atoms with E-state index in [0.29, 0.717) is 19.0 Å². The van der Waals surface area contributed by atoms with E-state index in [1.54, 1.807) is 0 Å². The second kappa shape index (κ2) is 8.32. The fourth-order valence-corrected chi connectivity index (χ4v) is 4.11. The number of fused-ring (bicyclic) bond motifs is 1. The fraction of sp³-hybridized carbons (Fsp3) is 0.632. The quantitative estimate of drug-likeness (QED) is 0.693. The number of aromatic carboxylic acids is 1. The van der Waals surface area contributed by atoms with Gasteiger partial charge in [-0.05, 0) is 18.9 Å². The van der Waals surface area contributed by atoms with Crippen LogP contribution in [0.4, 0.5) is 4.79 Å². The van der Waals surface area contributed by atoms with Gasteiger partial charge in [0.15, 0.2) is 6.10 Å². The van der Waals surface area contributed by atoms with Gasteiger partial charge in [-0.25, -0.2) is 9.59 Å². The number of carboxylic acid groups (broad SMARTS) is 1. The van der Waals surface area contributed by atoms with Crippen LogP contribution < -0.4 is 15.4 Å². The first-order valence-corrected chi connectivity index (χ1v) is 9.75. The highest BCUT2D eigenvalue weighted by molar-refractivity contribution is 5.87. The van der Waals surface area contributed by atoms with Crippen LogP contribution in [0.2, 0.25) is 0 Å². The van der Waals surface area contributed by atoms with Crippen molar-refractivity contribution in [3.8, 4) is 5.75 Å². The molecule has 3 heterocycles. The van der Waals surface area contributed by atoms with Crippen molar-refractivity contribution in [1.82, 2.24) is 15.6 Å². The van der Waals surface area contributed by atoms with Crippen molar-refractivity contribution in [3.63, 3.8) is 0 Å². The topological polar surface area (TPSA) is 119 Å². The van der Waals surface area contributed by atoms with Gasteiger partial charge in [-0.3, -0.25) is 4.98 Å². The van der Waals surface area contributed by atoms with E-state index in [0.717, 1.165) is 25.7 Å². The maximum Gasteiger partial charge on any atom is 0.337 e. The number of hydrogen-bond donors (Lipinski definition) is 3. The Labute approximate surface area is 162 Å². The summed E-state index contributed by atoms with van der Waals surface area (Å²) in [6, 6.07) is 1.23. The number of aromatic nitrogens is 1. The molecule has 0 aromatic carbocycles. The summed E-state index contributed by atoms with van der Waals surface area (Å²) in [5.41, 5.74) is 0.0548. The third-order valence-corrected chi connectivity index (χ3v) is 5.51. The normalized spacial score (nSPS) is 29.9. The average molecular weight is 391 g/mol. The third kappa shape index (κ3) is 4.20. The van der Waals surface area contributed by atoms with Crippen molar-refractivity contribution >= 4 is 12.0 Å². The summed E-state index contributed by atoms with van der Waals surface area (Å²) in [5.74, 6) is -0.715. The third-order valence-electron chi connectivity index (χ3n) is 5.51. The molecule has 0 spiro atoms. The Morgan fingerprint density at radius 1 is 1.07 bits per heavy atom. The number of nitrogens with one attached hydrogen (secondary N) is 2. The van der Waals surface area contributed by atoms with Gasteiger partial charge in [0.05, 0.1) is 31.0 Å². The van der Waals surface area contributed by atoms with E-state index < -0.39 is 5.97 Å². The van der Waals surface area contributed by atoms with Crippen LogP contribution in [0.15, 0.2) is 18.5 Å². The number of amides is 2. The van der Waals surface area contributed by atoms with Gasteiger partial charge < -0.3 is 30.0 Å². The highest BCUT2D eigenvalue weighted by Gasteiger charge is 2.49. The summed E-state index contributed by atoms with van der Waals surface area (Å²) in [6.45, 7) is 0.649. The molecule has 4 rings (SSSR count). The van der Waals surface area contributed by atoms with Crippen LogP contribution in [-0.4, -0.2) is 65.7 Å². The predicted octanol–water partition coefficient (Wildman–Crippen LogP) is 1.33. The minimum absolute atomic E-state index is 0.0548. The molecule has 28 heavy (non-hydrogen) atoms. The largest absolute Gasteiger partial charge is 0.484 e. The smallest absolute Gasteiger partial charge is 0.337 e. The summed E-state index contributed by atoms with van der Waals surface area (Å²) in [4.78, 5) is 27.3. The van der Waals surface area contributed by atoms with E-state index >= 15 is 0 Å². The first-order valence-electron chi connectivity index (χ1n) is 9.75. The average Bonchev–Trinajstić information content (AvgIpc) is 3.26. The van der Waals surface area contributed by atoms with Gasteiger partial charge in [-0.2, -0.15) is 0 Å². The molecule has 2 amide bonds. The second-order valence-corrected chi connectivity index (χ2v) is 7.53. The Morgan fingerprint density at radius 3 is 2.64 bits per heavy atom. The zero-order valence-corrected chi connectivity index (χ0v) is 15.5. The molecule has 3 aliphatic rings. The molecule has 0 unspecified atom stereocenters. The summed E-state index contributed by atoms with van der Waals surface area (Å²) in [5, 5.41) is 15.1. The molecule has 2 saturated heterocycles. The highest BCUT2D eigenvalue weighted by atomic mass is 16.6. The van der Waals surface area contributed by atoms with Crippen LogP contribution in [0, 0.1) is 0 Å². The van der Waals surface area contributed by atoms with Gasteiger partial charge >= 0.3 is 12.0 Å². The van der Waals surface area contributed by atoms with E-state index in [9.17, 15) is 9.59 Å². The molecular weight excluding hydrogens is 366 g/mol. The molecule has 152 valence electrons. The minimum Gasteiger partial charge on any atom is -0.484 e. The summed E-state index contributed by atoms with van der Waals surface area (Å²) < 4.78 is 17.5. The number of carboxylic acids is 1. The van der Waals surface area contributed by atoms with Crippen LogP contribution in [0.1, 0.15) is 42.5 Å². The van der Waals surface area contributed by atoms with Gasteiger partial charge in [-0.1, -0.05) is 19.3 Å². The van der Waals surface area contributed by atoms with Crippen LogP contribution in [0.25, 0.3) is 0 Å². The SMILES string of the molecule is O=C(NC1CCCCC1)N[C@H]1CO[C@H]2[C@@H]1OC[C@@H]2Oc1cncc(C(=O)O)c1. The minimum atomic E-state index is -1.07. The first-order chi connectivity index (χ1) is 13.6. The number of hydrogen-bond acceptors (Lipinski definition) is 6. The molecule has 1 saturated carbocycles. The van der Waals surface area contributed by atoms with Gasteiger partial charge in [-0.15, -0.1) is 0 Å². The monoisotopic (exact) mass is 391 g/mol. The van der Waals surface area contributed by atoms with Crippen molar-refractivity contribution in [2.75, 3.05) is 13.2 Å². The number of ether oxygens (including phenoxy) is 3. The molecule has 1 aromatic rings. The van der Waals surface area contributed by atoms with Crippen LogP contribution in [0.5, 0.6) is 5.75 Å². The molecule has 1 aliphatic carbocycles. The van der Waals surface area contributed by atoms with Gasteiger partial charge in [0.25, 0.3) is 0 Å². The molecule has 3 N–H and O–H groups in total. The zero-order chi connectivity index (χ0) is 19.5. The number of rotatable bonds is 5. The van der Waals surface area contributed by atoms with Gasteiger partial charge in [0, 0.05) is 12.2 Å². The highest BCUT2D eigenvalue weighted by Crippen LogP contribution is 2.30.